The molecule has 31 heavy (non-hydrogen) atoms. The third-order valence-corrected chi connectivity index (χ3v) is 5.42. The van der Waals surface area contributed by atoms with E-state index >= 15 is 0 Å². The minimum absolute atomic E-state index is 0.130. The molecule has 2 aromatic heterocycles. The zero-order valence-corrected chi connectivity index (χ0v) is 16.9. The third-order valence-electron chi connectivity index (χ3n) is 5.42. The third kappa shape index (κ3) is 4.76. The van der Waals surface area contributed by atoms with Gasteiger partial charge in [0.05, 0.1) is 5.56 Å². The van der Waals surface area contributed by atoms with E-state index in [2.05, 4.69) is 15.1 Å². The summed E-state index contributed by atoms with van der Waals surface area (Å²) in [5, 5.41) is 4.08. The first-order valence-electron chi connectivity index (χ1n) is 10.0. The topological polar surface area (TPSA) is 72.1 Å². The molecular weight excluding hydrogens is 409 g/mol. The van der Waals surface area contributed by atoms with Crippen LogP contribution < -0.4 is 0 Å². The van der Waals surface area contributed by atoms with E-state index in [1.807, 2.05) is 31.2 Å². The summed E-state index contributed by atoms with van der Waals surface area (Å²) in [5.74, 6) is 0.851. The van der Waals surface area contributed by atoms with Gasteiger partial charge in [0, 0.05) is 31.3 Å². The summed E-state index contributed by atoms with van der Waals surface area (Å²) in [6, 6.07) is 9.78. The predicted molar refractivity (Wildman–Crippen MR) is 106 cm³/mol. The van der Waals surface area contributed by atoms with Crippen molar-refractivity contribution < 1.29 is 22.5 Å². The normalized spacial score (nSPS) is 17.0. The number of carbonyl (C=O) groups excluding carboxylic acids is 1. The van der Waals surface area contributed by atoms with Crippen LogP contribution in [0.4, 0.5) is 13.2 Å². The molecule has 0 N–H and O–H groups in total. The highest BCUT2D eigenvalue weighted by Crippen LogP contribution is 2.28. The highest BCUT2D eigenvalue weighted by molar-refractivity contribution is 5.94. The first-order chi connectivity index (χ1) is 14.8. The van der Waals surface area contributed by atoms with Crippen LogP contribution in [-0.4, -0.2) is 39.0 Å². The van der Waals surface area contributed by atoms with Crippen LogP contribution in [0.15, 0.2) is 47.1 Å². The number of nitrogens with zero attached hydrogens (tertiary/aromatic N) is 4. The summed E-state index contributed by atoms with van der Waals surface area (Å²) in [6.07, 6.45) is -1.31. The maximum absolute atomic E-state index is 12.7. The number of aryl methyl sites for hydroxylation is 1. The molecule has 0 aliphatic carbocycles. The Bertz CT molecular complexity index is 1060. The lowest BCUT2D eigenvalue weighted by molar-refractivity contribution is -0.141. The number of rotatable bonds is 4. The molecular formula is C22H21F3N4O2. The van der Waals surface area contributed by atoms with Gasteiger partial charge in [0.2, 0.25) is 11.7 Å². The van der Waals surface area contributed by atoms with Crippen LogP contribution in [0.5, 0.6) is 0 Å². The van der Waals surface area contributed by atoms with Gasteiger partial charge in [-0.2, -0.15) is 18.2 Å². The molecule has 9 heteroatoms. The fourth-order valence-corrected chi connectivity index (χ4v) is 3.80. The number of likely N-dealkylation sites (tertiary alicyclic amines) is 1. The van der Waals surface area contributed by atoms with Crippen molar-refractivity contribution >= 4 is 5.91 Å². The molecule has 6 nitrogen and oxygen atoms in total. The number of hydrogen-bond acceptors (Lipinski definition) is 5. The van der Waals surface area contributed by atoms with Crippen molar-refractivity contribution in [1.82, 2.24) is 20.0 Å². The lowest BCUT2D eigenvalue weighted by Gasteiger charge is -2.32. The van der Waals surface area contributed by atoms with Crippen LogP contribution in [0.1, 0.15) is 40.3 Å². The van der Waals surface area contributed by atoms with Crippen molar-refractivity contribution in [2.24, 2.45) is 5.92 Å². The van der Waals surface area contributed by atoms with E-state index in [0.717, 1.165) is 36.2 Å². The van der Waals surface area contributed by atoms with Crippen molar-refractivity contribution in [2.75, 3.05) is 13.1 Å². The number of alkyl halides is 3. The van der Waals surface area contributed by atoms with Gasteiger partial charge in [0.1, 0.15) is 5.69 Å². The number of benzene rings is 1. The largest absolute Gasteiger partial charge is 0.433 e. The van der Waals surface area contributed by atoms with Crippen LogP contribution in [0.3, 0.4) is 0 Å². The summed E-state index contributed by atoms with van der Waals surface area (Å²) >= 11 is 0. The number of halogens is 3. The van der Waals surface area contributed by atoms with Crippen LogP contribution in [0.25, 0.3) is 11.4 Å². The molecule has 1 aliphatic heterocycles. The van der Waals surface area contributed by atoms with Crippen molar-refractivity contribution in [3.63, 3.8) is 0 Å². The lowest BCUT2D eigenvalue weighted by atomic mass is 9.94. The number of hydrogen-bond donors (Lipinski definition) is 0. The second kappa shape index (κ2) is 8.49. The van der Waals surface area contributed by atoms with E-state index in [-0.39, 0.29) is 17.4 Å². The Morgan fingerprint density at radius 1 is 1.23 bits per heavy atom. The SMILES string of the molecule is Cc1ccccc1-c1noc(C[C@@H]2CCCN(C(=O)c3ccc(C(F)(F)F)nc3)C2)n1. The number of pyridine rings is 1. The Morgan fingerprint density at radius 3 is 2.74 bits per heavy atom. The molecule has 1 amide bonds. The molecule has 1 aliphatic rings. The predicted octanol–water partition coefficient (Wildman–Crippen LogP) is 4.55. The number of carbonyl (C=O) groups is 1. The van der Waals surface area contributed by atoms with Crippen molar-refractivity contribution in [1.29, 1.82) is 0 Å². The molecule has 1 aromatic carbocycles. The van der Waals surface area contributed by atoms with Gasteiger partial charge in [-0.3, -0.25) is 9.78 Å². The Kier molecular flexibility index (Phi) is 5.75. The van der Waals surface area contributed by atoms with Gasteiger partial charge in [0.25, 0.3) is 5.91 Å². The molecule has 0 saturated carbocycles. The van der Waals surface area contributed by atoms with E-state index < -0.39 is 11.9 Å². The highest BCUT2D eigenvalue weighted by atomic mass is 19.4. The molecule has 0 radical (unpaired) electrons. The van der Waals surface area contributed by atoms with Crippen LogP contribution >= 0.6 is 0 Å². The van der Waals surface area contributed by atoms with Crippen molar-refractivity contribution in [2.45, 2.75) is 32.4 Å². The van der Waals surface area contributed by atoms with Gasteiger partial charge in [-0.25, -0.2) is 0 Å². The summed E-state index contributed by atoms with van der Waals surface area (Å²) in [6.45, 7) is 3.00. The van der Waals surface area contributed by atoms with Gasteiger partial charge < -0.3 is 9.42 Å². The molecule has 3 aromatic rings. The summed E-state index contributed by atoms with van der Waals surface area (Å²) in [5.41, 5.74) is 1.09. The Balaban J connectivity index is 1.41. The molecule has 3 heterocycles. The summed E-state index contributed by atoms with van der Waals surface area (Å²) in [4.78, 5) is 22.3. The van der Waals surface area contributed by atoms with Crippen LogP contribution in [0, 0.1) is 12.8 Å². The molecule has 0 unspecified atom stereocenters. The van der Waals surface area contributed by atoms with E-state index in [9.17, 15) is 18.0 Å². The van der Waals surface area contributed by atoms with Crippen LogP contribution in [0.2, 0.25) is 0 Å². The quantitative estimate of drug-likeness (QED) is 0.607. The minimum Gasteiger partial charge on any atom is -0.339 e. The average molecular weight is 430 g/mol. The summed E-state index contributed by atoms with van der Waals surface area (Å²) in [7, 11) is 0. The average Bonchev–Trinajstić information content (AvgIpc) is 3.21. The highest BCUT2D eigenvalue weighted by Gasteiger charge is 2.33. The molecule has 1 atom stereocenters. The molecule has 0 spiro atoms. The second-order valence-corrected chi connectivity index (χ2v) is 7.72. The zero-order chi connectivity index (χ0) is 22.0. The van der Waals surface area contributed by atoms with Crippen LogP contribution in [-0.2, 0) is 12.6 Å². The fraction of sp³-hybridized carbons (Fsp3) is 0.364. The molecule has 1 saturated heterocycles. The first kappa shape index (κ1) is 21.0. The van der Waals surface area contributed by atoms with E-state index in [1.165, 1.54) is 6.07 Å². The van der Waals surface area contributed by atoms with Gasteiger partial charge in [-0.15, -0.1) is 0 Å². The van der Waals surface area contributed by atoms with Crippen molar-refractivity contribution in [3.05, 3.63) is 65.3 Å². The second-order valence-electron chi connectivity index (χ2n) is 7.72. The van der Waals surface area contributed by atoms with Gasteiger partial charge in [0.15, 0.2) is 0 Å². The Labute approximate surface area is 177 Å². The zero-order valence-electron chi connectivity index (χ0n) is 16.9. The molecule has 0 bridgehead atoms. The monoisotopic (exact) mass is 430 g/mol. The van der Waals surface area contributed by atoms with Crippen molar-refractivity contribution in [3.8, 4) is 11.4 Å². The lowest BCUT2D eigenvalue weighted by Crippen LogP contribution is -2.40. The van der Waals surface area contributed by atoms with Gasteiger partial charge >= 0.3 is 6.18 Å². The Morgan fingerprint density at radius 2 is 2.03 bits per heavy atom. The minimum atomic E-state index is -4.53. The molecule has 1 fully saturated rings. The fourth-order valence-electron chi connectivity index (χ4n) is 3.80. The van der Waals surface area contributed by atoms with E-state index in [0.29, 0.717) is 31.2 Å². The standard InChI is InChI=1S/C22H21F3N4O2/c1-14-5-2-3-7-17(14)20-27-19(31-28-20)11-15-6-4-10-29(13-15)21(30)16-8-9-18(26-12-16)22(23,24)25/h2-3,5,7-9,12,15H,4,6,10-11,13H2,1H3/t15-/m0/s1. The smallest absolute Gasteiger partial charge is 0.339 e. The number of amides is 1. The maximum Gasteiger partial charge on any atom is 0.433 e. The Hall–Kier alpha value is -3.23. The summed E-state index contributed by atoms with van der Waals surface area (Å²) < 4.78 is 43.5. The number of aromatic nitrogens is 3. The van der Waals surface area contributed by atoms with E-state index in [1.54, 1.807) is 4.90 Å². The van der Waals surface area contributed by atoms with E-state index in [4.69, 9.17) is 4.52 Å². The van der Waals surface area contributed by atoms with Gasteiger partial charge in [-0.1, -0.05) is 29.4 Å². The molecule has 162 valence electrons. The maximum atomic E-state index is 12.7. The molecule has 4 rings (SSSR count). The van der Waals surface area contributed by atoms with Gasteiger partial charge in [-0.05, 0) is 43.4 Å². The first-order valence-corrected chi connectivity index (χ1v) is 10.0. The number of piperidine rings is 1.